The lowest BCUT2D eigenvalue weighted by atomic mass is 10.0. The lowest BCUT2D eigenvalue weighted by Gasteiger charge is -2.35. The summed E-state index contributed by atoms with van der Waals surface area (Å²) in [6.45, 7) is 10.9. The van der Waals surface area contributed by atoms with Crippen LogP contribution in [0.15, 0.2) is 108 Å². The Morgan fingerprint density at radius 1 is 0.804 bits per heavy atom. The van der Waals surface area contributed by atoms with Gasteiger partial charge in [0.05, 0.1) is 10.6 Å². The largest absolute Gasteiger partial charge is 0.457 e. The summed E-state index contributed by atoms with van der Waals surface area (Å²) in [5, 5.41) is 3.00. The number of amides is 2. The highest BCUT2D eigenvalue weighted by molar-refractivity contribution is 7.92. The second kappa shape index (κ2) is 14.6. The molecule has 0 aliphatic carbocycles. The van der Waals surface area contributed by atoms with E-state index in [0.29, 0.717) is 17.9 Å². The van der Waals surface area contributed by atoms with Crippen molar-refractivity contribution in [2.45, 2.75) is 71.0 Å². The summed E-state index contributed by atoms with van der Waals surface area (Å²) in [4.78, 5) is 29.5. The third kappa shape index (κ3) is 8.75. The lowest BCUT2D eigenvalue weighted by molar-refractivity contribution is -0.141. The molecule has 2 amide bonds. The number of rotatable bonds is 12. The minimum atomic E-state index is -4.19. The fraction of sp³-hybridized carbons (Fsp3) is 0.297. The van der Waals surface area contributed by atoms with Crippen LogP contribution in [0.1, 0.15) is 50.8 Å². The zero-order valence-electron chi connectivity index (χ0n) is 27.4. The van der Waals surface area contributed by atoms with Crippen LogP contribution in [0.25, 0.3) is 0 Å². The molecule has 4 aromatic rings. The Bertz CT molecular complexity index is 1730. The first-order valence-electron chi connectivity index (χ1n) is 15.4. The summed E-state index contributed by atoms with van der Waals surface area (Å²) in [7, 11) is -4.19. The molecule has 0 saturated carbocycles. The topological polar surface area (TPSA) is 96.0 Å². The molecule has 0 aliphatic heterocycles. The standard InChI is InChI=1S/C37H43N3O5S/c1-7-34(36(42)38-37(4,5)6)39(25-29-14-12-11-13-28(29)3)35(41)26-40(46(43,44)33-23-17-27(2)18-24-33)30-19-21-32(22-20-30)45-31-15-9-8-10-16-31/h8-24,34H,7,25-26H2,1-6H3,(H,38,42)/t34-/m0/s1. The van der Waals surface area contributed by atoms with Gasteiger partial charge in [-0.1, -0.05) is 67.1 Å². The highest BCUT2D eigenvalue weighted by atomic mass is 32.2. The van der Waals surface area contributed by atoms with Gasteiger partial charge in [-0.15, -0.1) is 0 Å². The molecule has 0 heterocycles. The number of anilines is 1. The number of nitrogens with zero attached hydrogens (tertiary/aromatic N) is 2. The third-order valence-corrected chi connectivity index (χ3v) is 9.27. The normalized spacial score (nSPS) is 12.2. The zero-order chi connectivity index (χ0) is 33.5. The molecular formula is C37H43N3O5S. The van der Waals surface area contributed by atoms with Crippen molar-refractivity contribution in [1.82, 2.24) is 10.2 Å². The van der Waals surface area contributed by atoms with Gasteiger partial charge in [-0.25, -0.2) is 8.42 Å². The number of hydrogen-bond acceptors (Lipinski definition) is 5. The molecule has 1 N–H and O–H groups in total. The van der Waals surface area contributed by atoms with Gasteiger partial charge in [0.1, 0.15) is 24.1 Å². The molecular weight excluding hydrogens is 598 g/mol. The van der Waals surface area contributed by atoms with E-state index in [0.717, 1.165) is 21.0 Å². The van der Waals surface area contributed by atoms with E-state index in [-0.39, 0.29) is 23.0 Å². The Labute approximate surface area is 273 Å². The average Bonchev–Trinajstić information content (AvgIpc) is 3.01. The number of carbonyl (C=O) groups is 2. The predicted octanol–water partition coefficient (Wildman–Crippen LogP) is 7.01. The van der Waals surface area contributed by atoms with Crippen molar-refractivity contribution in [1.29, 1.82) is 0 Å². The number of para-hydroxylation sites is 1. The first-order chi connectivity index (χ1) is 21.8. The van der Waals surface area contributed by atoms with Crippen molar-refractivity contribution in [2.24, 2.45) is 0 Å². The molecule has 46 heavy (non-hydrogen) atoms. The van der Waals surface area contributed by atoms with Crippen LogP contribution < -0.4 is 14.4 Å². The molecule has 0 bridgehead atoms. The smallest absolute Gasteiger partial charge is 0.264 e. The van der Waals surface area contributed by atoms with Gasteiger partial charge < -0.3 is 15.0 Å². The van der Waals surface area contributed by atoms with Crippen molar-refractivity contribution < 1.29 is 22.7 Å². The van der Waals surface area contributed by atoms with E-state index in [1.807, 2.05) is 96.1 Å². The van der Waals surface area contributed by atoms with Crippen molar-refractivity contribution in [3.8, 4) is 11.5 Å². The van der Waals surface area contributed by atoms with Gasteiger partial charge in [-0.05, 0) is 101 Å². The maximum absolute atomic E-state index is 14.4. The monoisotopic (exact) mass is 641 g/mol. The zero-order valence-corrected chi connectivity index (χ0v) is 28.2. The molecule has 4 aromatic carbocycles. The molecule has 0 aromatic heterocycles. The van der Waals surface area contributed by atoms with Gasteiger partial charge >= 0.3 is 0 Å². The van der Waals surface area contributed by atoms with Crippen LogP contribution in [0, 0.1) is 13.8 Å². The second-order valence-electron chi connectivity index (χ2n) is 12.3. The Morgan fingerprint density at radius 2 is 1.39 bits per heavy atom. The van der Waals surface area contributed by atoms with E-state index in [9.17, 15) is 18.0 Å². The van der Waals surface area contributed by atoms with Crippen LogP contribution in [0.2, 0.25) is 0 Å². The first kappa shape index (κ1) is 34.2. The lowest BCUT2D eigenvalue weighted by Crippen LogP contribution is -2.55. The average molecular weight is 642 g/mol. The summed E-state index contributed by atoms with van der Waals surface area (Å²) >= 11 is 0. The summed E-state index contributed by atoms with van der Waals surface area (Å²) < 4.78 is 35.4. The molecule has 8 nitrogen and oxygen atoms in total. The SMILES string of the molecule is CC[C@@H](C(=O)NC(C)(C)C)N(Cc1ccccc1C)C(=O)CN(c1ccc(Oc2ccccc2)cc1)S(=O)(=O)c1ccc(C)cc1. The van der Waals surface area contributed by atoms with Crippen LogP contribution in [-0.4, -0.2) is 43.3 Å². The van der Waals surface area contributed by atoms with Crippen LogP contribution in [-0.2, 0) is 26.2 Å². The molecule has 0 unspecified atom stereocenters. The number of sulfonamides is 1. The molecule has 0 saturated heterocycles. The fourth-order valence-corrected chi connectivity index (χ4v) is 6.43. The van der Waals surface area contributed by atoms with Gasteiger partial charge in [0, 0.05) is 12.1 Å². The molecule has 0 aliphatic rings. The Balaban J connectivity index is 1.74. The summed E-state index contributed by atoms with van der Waals surface area (Å²) in [6.07, 6.45) is 0.343. The fourth-order valence-electron chi connectivity index (χ4n) is 5.01. The van der Waals surface area contributed by atoms with Crippen LogP contribution in [0.5, 0.6) is 11.5 Å². The van der Waals surface area contributed by atoms with E-state index in [2.05, 4.69) is 5.32 Å². The van der Waals surface area contributed by atoms with Crippen LogP contribution in [0.4, 0.5) is 5.69 Å². The minimum Gasteiger partial charge on any atom is -0.457 e. The third-order valence-electron chi connectivity index (χ3n) is 7.48. The predicted molar refractivity (Wildman–Crippen MR) is 182 cm³/mol. The van der Waals surface area contributed by atoms with Crippen LogP contribution >= 0.6 is 0 Å². The first-order valence-corrected chi connectivity index (χ1v) is 16.8. The molecule has 9 heteroatoms. The van der Waals surface area contributed by atoms with Gasteiger partial charge in [-0.3, -0.25) is 13.9 Å². The van der Waals surface area contributed by atoms with Crippen LogP contribution in [0.3, 0.4) is 0 Å². The minimum absolute atomic E-state index is 0.0542. The van der Waals surface area contributed by atoms with Crippen molar-refractivity contribution in [3.63, 3.8) is 0 Å². The molecule has 242 valence electrons. The number of aryl methyl sites for hydroxylation is 2. The van der Waals surface area contributed by atoms with Crippen molar-refractivity contribution in [3.05, 3.63) is 120 Å². The van der Waals surface area contributed by atoms with Crippen molar-refractivity contribution >= 4 is 27.5 Å². The van der Waals surface area contributed by atoms with Gasteiger partial charge in [-0.2, -0.15) is 0 Å². The number of nitrogens with one attached hydrogen (secondary N) is 1. The van der Waals surface area contributed by atoms with Gasteiger partial charge in [0.25, 0.3) is 10.0 Å². The number of carbonyl (C=O) groups excluding carboxylic acids is 2. The maximum Gasteiger partial charge on any atom is 0.264 e. The molecule has 1 atom stereocenters. The molecule has 4 rings (SSSR count). The Morgan fingerprint density at radius 3 is 1.98 bits per heavy atom. The van der Waals surface area contributed by atoms with E-state index in [4.69, 9.17) is 4.74 Å². The number of hydrogen-bond donors (Lipinski definition) is 1. The van der Waals surface area contributed by atoms with E-state index < -0.39 is 34.1 Å². The Hall–Kier alpha value is -4.63. The summed E-state index contributed by atoms with van der Waals surface area (Å²) in [6, 6.07) is 29.2. The maximum atomic E-state index is 14.4. The molecule has 0 spiro atoms. The highest BCUT2D eigenvalue weighted by Crippen LogP contribution is 2.29. The highest BCUT2D eigenvalue weighted by Gasteiger charge is 2.34. The number of ether oxygens (including phenoxy) is 1. The van der Waals surface area contributed by atoms with Gasteiger partial charge in [0.2, 0.25) is 11.8 Å². The Kier molecular flexibility index (Phi) is 10.9. The number of benzene rings is 4. The summed E-state index contributed by atoms with van der Waals surface area (Å²) in [5.41, 5.74) is 2.51. The van der Waals surface area contributed by atoms with E-state index in [1.165, 1.54) is 17.0 Å². The molecule has 0 radical (unpaired) electrons. The van der Waals surface area contributed by atoms with E-state index >= 15 is 0 Å². The molecule has 0 fully saturated rings. The van der Waals surface area contributed by atoms with Crippen molar-refractivity contribution in [2.75, 3.05) is 10.8 Å². The second-order valence-corrected chi connectivity index (χ2v) is 14.2. The quantitative estimate of drug-likeness (QED) is 0.180. The van der Waals surface area contributed by atoms with E-state index in [1.54, 1.807) is 36.4 Å². The summed E-state index contributed by atoms with van der Waals surface area (Å²) in [5.74, 6) is 0.354. The van der Waals surface area contributed by atoms with Gasteiger partial charge in [0.15, 0.2) is 0 Å².